The quantitative estimate of drug-likeness (QED) is 0.415. The molecule has 154 valence electrons. The Kier molecular flexibility index (Phi) is 5.46. The number of nitrogens with one attached hydrogen (secondary N) is 2. The molecular weight excluding hydrogens is 398 g/mol. The maximum Gasteiger partial charge on any atom is 0.291 e. The number of carbonyl (C=O) groups excluding carboxylic acids is 2. The Labute approximate surface area is 178 Å². The standard InChI is InChI=1S/C23H23N3O3S/c1-14(2)13-26-9-8-16-12-17(6-7-18(16)26)24-23(28)21-15(3)11-20(30-21)25-22(27)19-5-4-10-29-19/h4-12,14H,13H2,1-3H3,(H,24,28)(H,25,27). The van der Waals surface area contributed by atoms with E-state index in [0.29, 0.717) is 15.8 Å². The summed E-state index contributed by atoms with van der Waals surface area (Å²) >= 11 is 1.24. The molecule has 0 unspecified atom stereocenters. The molecule has 3 aromatic heterocycles. The zero-order chi connectivity index (χ0) is 21.3. The van der Waals surface area contributed by atoms with E-state index in [1.54, 1.807) is 18.2 Å². The first-order valence-corrected chi connectivity index (χ1v) is 10.6. The fraction of sp³-hybridized carbons (Fsp3) is 0.217. The van der Waals surface area contributed by atoms with Crippen LogP contribution in [0.1, 0.15) is 39.6 Å². The average Bonchev–Trinajstić information content (AvgIpc) is 3.42. The van der Waals surface area contributed by atoms with Crippen LogP contribution < -0.4 is 10.6 Å². The predicted octanol–water partition coefficient (Wildman–Crippen LogP) is 5.76. The van der Waals surface area contributed by atoms with Crippen LogP contribution in [0.25, 0.3) is 10.9 Å². The van der Waals surface area contributed by atoms with E-state index in [0.717, 1.165) is 28.7 Å². The van der Waals surface area contributed by atoms with Crippen molar-refractivity contribution in [2.45, 2.75) is 27.3 Å². The van der Waals surface area contributed by atoms with Gasteiger partial charge in [0.05, 0.1) is 16.1 Å². The summed E-state index contributed by atoms with van der Waals surface area (Å²) in [6.07, 6.45) is 3.52. The van der Waals surface area contributed by atoms with Crippen LogP contribution in [0.15, 0.2) is 59.3 Å². The van der Waals surface area contributed by atoms with Crippen LogP contribution in [0.2, 0.25) is 0 Å². The molecule has 1 aromatic carbocycles. The van der Waals surface area contributed by atoms with Gasteiger partial charge in [0, 0.05) is 29.3 Å². The molecule has 0 spiro atoms. The van der Waals surface area contributed by atoms with Gasteiger partial charge in [0.25, 0.3) is 11.8 Å². The molecule has 7 heteroatoms. The Balaban J connectivity index is 1.48. The first-order chi connectivity index (χ1) is 14.4. The highest BCUT2D eigenvalue weighted by Gasteiger charge is 2.17. The van der Waals surface area contributed by atoms with Crippen LogP contribution >= 0.6 is 11.3 Å². The lowest BCUT2D eigenvalue weighted by Gasteiger charge is -2.09. The van der Waals surface area contributed by atoms with E-state index in [2.05, 4.69) is 41.3 Å². The van der Waals surface area contributed by atoms with Gasteiger partial charge in [-0.2, -0.15) is 0 Å². The van der Waals surface area contributed by atoms with Crippen molar-refractivity contribution in [2.75, 3.05) is 10.6 Å². The van der Waals surface area contributed by atoms with Gasteiger partial charge in [-0.3, -0.25) is 9.59 Å². The van der Waals surface area contributed by atoms with Crippen molar-refractivity contribution in [1.82, 2.24) is 4.57 Å². The first kappa shape index (κ1) is 20.0. The van der Waals surface area contributed by atoms with Crippen molar-refractivity contribution in [3.05, 3.63) is 71.1 Å². The molecule has 0 radical (unpaired) electrons. The second-order valence-electron chi connectivity index (χ2n) is 7.64. The molecule has 0 bridgehead atoms. The Bertz CT molecular complexity index is 1200. The maximum atomic E-state index is 12.8. The minimum atomic E-state index is -0.343. The van der Waals surface area contributed by atoms with Gasteiger partial charge in [0.15, 0.2) is 5.76 Å². The minimum Gasteiger partial charge on any atom is -0.459 e. The summed E-state index contributed by atoms with van der Waals surface area (Å²) in [7, 11) is 0. The number of furan rings is 1. The fourth-order valence-electron chi connectivity index (χ4n) is 3.37. The normalized spacial score (nSPS) is 11.2. The fourth-order valence-corrected chi connectivity index (χ4v) is 4.33. The first-order valence-electron chi connectivity index (χ1n) is 9.76. The SMILES string of the molecule is Cc1cc(NC(=O)c2ccco2)sc1C(=O)Nc1ccc2c(ccn2CC(C)C)c1. The number of anilines is 2. The summed E-state index contributed by atoms with van der Waals surface area (Å²) in [5.41, 5.74) is 2.69. The monoisotopic (exact) mass is 421 g/mol. The van der Waals surface area contributed by atoms with Gasteiger partial charge in [0.1, 0.15) is 0 Å². The highest BCUT2D eigenvalue weighted by molar-refractivity contribution is 7.18. The summed E-state index contributed by atoms with van der Waals surface area (Å²) in [6.45, 7) is 7.18. The Morgan fingerprint density at radius 3 is 2.67 bits per heavy atom. The van der Waals surface area contributed by atoms with Crippen LogP contribution in [-0.2, 0) is 6.54 Å². The lowest BCUT2D eigenvalue weighted by Crippen LogP contribution is -2.11. The molecular formula is C23H23N3O3S. The molecule has 4 rings (SSSR count). The van der Waals surface area contributed by atoms with Crippen molar-refractivity contribution >= 4 is 44.7 Å². The van der Waals surface area contributed by atoms with Gasteiger partial charge in [-0.1, -0.05) is 13.8 Å². The summed E-state index contributed by atoms with van der Waals surface area (Å²) in [5, 5.41) is 7.42. The number of hydrogen-bond acceptors (Lipinski definition) is 4. The zero-order valence-corrected chi connectivity index (χ0v) is 17.9. The van der Waals surface area contributed by atoms with E-state index in [4.69, 9.17) is 4.42 Å². The van der Waals surface area contributed by atoms with Crippen LogP contribution in [-0.4, -0.2) is 16.4 Å². The molecule has 2 amide bonds. The zero-order valence-electron chi connectivity index (χ0n) is 17.1. The van der Waals surface area contributed by atoms with Crippen LogP contribution in [0.5, 0.6) is 0 Å². The van der Waals surface area contributed by atoms with Crippen LogP contribution in [0, 0.1) is 12.8 Å². The van der Waals surface area contributed by atoms with Crippen molar-refractivity contribution in [2.24, 2.45) is 5.92 Å². The summed E-state index contributed by atoms with van der Waals surface area (Å²) in [5.74, 6) is 0.246. The molecule has 0 atom stereocenters. The molecule has 0 saturated carbocycles. The van der Waals surface area contributed by atoms with E-state index in [1.165, 1.54) is 17.6 Å². The van der Waals surface area contributed by atoms with Crippen molar-refractivity contribution in [3.63, 3.8) is 0 Å². The molecule has 6 nitrogen and oxygen atoms in total. The summed E-state index contributed by atoms with van der Waals surface area (Å²) in [4.78, 5) is 25.5. The highest BCUT2D eigenvalue weighted by Crippen LogP contribution is 2.29. The number of nitrogens with zero attached hydrogens (tertiary/aromatic N) is 1. The summed E-state index contributed by atoms with van der Waals surface area (Å²) in [6, 6.07) is 13.0. The van der Waals surface area contributed by atoms with Crippen LogP contribution in [0.4, 0.5) is 10.7 Å². The molecule has 3 heterocycles. The predicted molar refractivity (Wildman–Crippen MR) is 120 cm³/mol. The van der Waals surface area contributed by atoms with E-state index < -0.39 is 0 Å². The number of rotatable bonds is 6. The van der Waals surface area contributed by atoms with Gasteiger partial charge < -0.3 is 19.6 Å². The lowest BCUT2D eigenvalue weighted by molar-refractivity contribution is 0.0995. The molecule has 4 aromatic rings. The van der Waals surface area contributed by atoms with Crippen molar-refractivity contribution < 1.29 is 14.0 Å². The second-order valence-corrected chi connectivity index (χ2v) is 8.70. The third-order valence-corrected chi connectivity index (χ3v) is 5.85. The number of carbonyl (C=O) groups is 2. The van der Waals surface area contributed by atoms with Gasteiger partial charge in [-0.15, -0.1) is 11.3 Å². The lowest BCUT2D eigenvalue weighted by atomic mass is 10.2. The Morgan fingerprint density at radius 1 is 1.10 bits per heavy atom. The number of thiophene rings is 1. The maximum absolute atomic E-state index is 12.8. The number of fused-ring (bicyclic) bond motifs is 1. The van der Waals surface area contributed by atoms with Gasteiger partial charge in [-0.05, 0) is 60.9 Å². The Morgan fingerprint density at radius 2 is 1.93 bits per heavy atom. The number of amides is 2. The average molecular weight is 422 g/mol. The van der Waals surface area contributed by atoms with E-state index >= 15 is 0 Å². The van der Waals surface area contributed by atoms with E-state index in [1.807, 2.05) is 25.1 Å². The molecule has 0 aliphatic rings. The molecule has 30 heavy (non-hydrogen) atoms. The third kappa shape index (κ3) is 4.16. The molecule has 0 saturated heterocycles. The van der Waals surface area contributed by atoms with Crippen molar-refractivity contribution in [3.8, 4) is 0 Å². The Hall–Kier alpha value is -3.32. The molecule has 0 fully saturated rings. The molecule has 0 aliphatic carbocycles. The van der Waals surface area contributed by atoms with E-state index in [9.17, 15) is 9.59 Å². The summed E-state index contributed by atoms with van der Waals surface area (Å²) < 4.78 is 7.33. The van der Waals surface area contributed by atoms with Gasteiger partial charge in [-0.25, -0.2) is 0 Å². The van der Waals surface area contributed by atoms with E-state index in [-0.39, 0.29) is 17.6 Å². The highest BCUT2D eigenvalue weighted by atomic mass is 32.1. The number of aryl methyl sites for hydroxylation is 1. The topological polar surface area (TPSA) is 76.3 Å². The second kappa shape index (κ2) is 8.20. The minimum absolute atomic E-state index is 0.197. The van der Waals surface area contributed by atoms with Gasteiger partial charge in [0.2, 0.25) is 0 Å². The molecule has 0 aliphatic heterocycles. The van der Waals surface area contributed by atoms with Gasteiger partial charge >= 0.3 is 0 Å². The van der Waals surface area contributed by atoms with Crippen molar-refractivity contribution in [1.29, 1.82) is 0 Å². The van der Waals surface area contributed by atoms with Crippen LogP contribution in [0.3, 0.4) is 0 Å². The number of benzene rings is 1. The smallest absolute Gasteiger partial charge is 0.291 e. The number of hydrogen-bond donors (Lipinski definition) is 2. The third-order valence-electron chi connectivity index (χ3n) is 4.70. The number of aromatic nitrogens is 1. The largest absolute Gasteiger partial charge is 0.459 e. The molecule has 2 N–H and O–H groups in total.